The molecule has 1 aliphatic rings. The van der Waals surface area contributed by atoms with Crippen LogP contribution in [0.15, 0.2) is 30.3 Å². The Morgan fingerprint density at radius 2 is 1.65 bits per heavy atom. The van der Waals surface area contributed by atoms with Gasteiger partial charge in [-0.15, -0.1) is 0 Å². The van der Waals surface area contributed by atoms with Crippen molar-refractivity contribution in [3.8, 4) is 28.7 Å². The fraction of sp³-hybridized carbons (Fsp3) is 0.417. The van der Waals surface area contributed by atoms with E-state index in [-0.39, 0.29) is 30.7 Å². The molecule has 34 heavy (non-hydrogen) atoms. The fourth-order valence-corrected chi connectivity index (χ4v) is 4.22. The van der Waals surface area contributed by atoms with Gasteiger partial charge in [-0.3, -0.25) is 9.59 Å². The number of β-lactam (4-membered cyclic amide) rings is 1. The number of halogens is 1. The molecule has 1 N–H and O–H groups in total. The first-order valence-electron chi connectivity index (χ1n) is 10.6. The maximum atomic E-state index is 13.3. The quantitative estimate of drug-likeness (QED) is 0.262. The number of aromatic hydroxyl groups is 1. The number of benzene rings is 2. The van der Waals surface area contributed by atoms with E-state index in [1.165, 1.54) is 28.4 Å². The van der Waals surface area contributed by atoms with Crippen molar-refractivity contribution in [1.29, 1.82) is 0 Å². The molecule has 1 fully saturated rings. The van der Waals surface area contributed by atoms with E-state index < -0.39 is 12.0 Å². The van der Waals surface area contributed by atoms with Gasteiger partial charge in [-0.2, -0.15) is 0 Å². The monoisotopic (exact) mass is 537 g/mol. The highest BCUT2D eigenvalue weighted by atomic mass is 79.9. The summed E-state index contributed by atoms with van der Waals surface area (Å²) in [5.74, 6) is 0.218. The van der Waals surface area contributed by atoms with E-state index in [1.54, 1.807) is 35.2 Å². The van der Waals surface area contributed by atoms with E-state index >= 15 is 0 Å². The van der Waals surface area contributed by atoms with Crippen molar-refractivity contribution < 1.29 is 38.4 Å². The number of esters is 1. The molecule has 1 amide bonds. The van der Waals surface area contributed by atoms with Crippen LogP contribution in [0.2, 0.25) is 0 Å². The van der Waals surface area contributed by atoms with Crippen molar-refractivity contribution in [2.75, 3.05) is 45.3 Å². The molecule has 0 radical (unpaired) electrons. The third kappa shape index (κ3) is 5.01. The minimum atomic E-state index is -0.625. The number of rotatable bonds is 11. The maximum Gasteiger partial charge on any atom is 0.305 e. The molecule has 0 aliphatic carbocycles. The standard InChI is InChI=1S/C24H28BrNO8/c1-30-18-8-7-14(10-17(18)27)22-16(13-34-21(28)6-5-9-25)24(29)26(22)15-11-19(31-2)23(33-4)20(12-15)32-3/h7-8,10-12,16,22,27H,5-6,9,13H2,1-4H3/t16-,22+/m1/s1. The van der Waals surface area contributed by atoms with Gasteiger partial charge in [-0.05, 0) is 24.1 Å². The second kappa shape index (κ2) is 11.3. The van der Waals surface area contributed by atoms with Crippen LogP contribution in [0.5, 0.6) is 28.7 Å². The molecule has 2 aromatic rings. The van der Waals surface area contributed by atoms with Crippen LogP contribution in [0.4, 0.5) is 5.69 Å². The van der Waals surface area contributed by atoms with Crippen molar-refractivity contribution >= 4 is 33.5 Å². The second-order valence-corrected chi connectivity index (χ2v) is 8.34. The molecule has 2 atom stereocenters. The van der Waals surface area contributed by atoms with Crippen molar-refractivity contribution in [2.45, 2.75) is 18.9 Å². The van der Waals surface area contributed by atoms with E-state index in [0.717, 1.165) is 0 Å². The minimum absolute atomic E-state index is 0.0581. The number of nitrogens with zero attached hydrogens (tertiary/aromatic N) is 1. The Labute approximate surface area is 206 Å². The van der Waals surface area contributed by atoms with Crippen LogP contribution in [0.3, 0.4) is 0 Å². The zero-order valence-electron chi connectivity index (χ0n) is 19.5. The Morgan fingerprint density at radius 1 is 1.00 bits per heavy atom. The molecule has 1 aliphatic heterocycles. The van der Waals surface area contributed by atoms with Crippen LogP contribution in [-0.2, 0) is 14.3 Å². The number of hydrogen-bond acceptors (Lipinski definition) is 8. The fourth-order valence-electron chi connectivity index (χ4n) is 3.94. The molecule has 0 spiro atoms. The lowest BCUT2D eigenvalue weighted by Crippen LogP contribution is -2.57. The van der Waals surface area contributed by atoms with Crippen LogP contribution in [0.25, 0.3) is 0 Å². The number of ether oxygens (including phenoxy) is 5. The van der Waals surface area contributed by atoms with Crippen LogP contribution >= 0.6 is 15.9 Å². The van der Waals surface area contributed by atoms with Gasteiger partial charge in [-0.25, -0.2) is 0 Å². The molecule has 0 unspecified atom stereocenters. The Bertz CT molecular complexity index is 1020. The van der Waals surface area contributed by atoms with Crippen molar-refractivity contribution in [3.05, 3.63) is 35.9 Å². The van der Waals surface area contributed by atoms with Gasteiger partial charge in [0, 0.05) is 23.9 Å². The summed E-state index contributed by atoms with van der Waals surface area (Å²) in [6.07, 6.45) is 0.904. The Hall–Kier alpha value is -3.14. The van der Waals surface area contributed by atoms with Gasteiger partial charge in [0.15, 0.2) is 23.0 Å². The molecule has 9 nitrogen and oxygen atoms in total. The summed E-state index contributed by atoms with van der Waals surface area (Å²) >= 11 is 3.29. The summed E-state index contributed by atoms with van der Waals surface area (Å²) in [6.45, 7) is -0.0711. The molecule has 0 aromatic heterocycles. The lowest BCUT2D eigenvalue weighted by Gasteiger charge is -2.47. The van der Waals surface area contributed by atoms with E-state index in [4.69, 9.17) is 23.7 Å². The normalized spacial score (nSPS) is 17.1. The molecular weight excluding hydrogens is 510 g/mol. The predicted molar refractivity (Wildman–Crippen MR) is 128 cm³/mol. The zero-order valence-corrected chi connectivity index (χ0v) is 21.1. The van der Waals surface area contributed by atoms with Crippen LogP contribution < -0.4 is 23.8 Å². The number of anilines is 1. The highest BCUT2D eigenvalue weighted by Gasteiger charge is 2.50. The third-order valence-electron chi connectivity index (χ3n) is 5.62. The molecule has 2 aromatic carbocycles. The van der Waals surface area contributed by atoms with Crippen molar-refractivity contribution in [2.24, 2.45) is 5.92 Å². The number of carbonyl (C=O) groups excluding carboxylic acids is 2. The van der Waals surface area contributed by atoms with Gasteiger partial charge < -0.3 is 33.7 Å². The first kappa shape index (κ1) is 25.5. The third-order valence-corrected chi connectivity index (χ3v) is 6.19. The van der Waals surface area contributed by atoms with Gasteiger partial charge in [0.05, 0.1) is 46.1 Å². The van der Waals surface area contributed by atoms with E-state index in [0.29, 0.717) is 46.0 Å². The topological polar surface area (TPSA) is 104 Å². The predicted octanol–water partition coefficient (Wildman–Crippen LogP) is 3.85. The lowest BCUT2D eigenvalue weighted by molar-refractivity contribution is -0.149. The van der Waals surface area contributed by atoms with Crippen LogP contribution in [0.1, 0.15) is 24.4 Å². The van der Waals surface area contributed by atoms with Gasteiger partial charge in [-0.1, -0.05) is 22.0 Å². The molecular formula is C24H28BrNO8. The van der Waals surface area contributed by atoms with Gasteiger partial charge in [0.25, 0.3) is 0 Å². The smallest absolute Gasteiger partial charge is 0.305 e. The summed E-state index contributed by atoms with van der Waals surface area (Å²) < 4.78 is 26.8. The van der Waals surface area contributed by atoms with Gasteiger partial charge >= 0.3 is 5.97 Å². The number of alkyl halides is 1. The maximum absolute atomic E-state index is 13.3. The van der Waals surface area contributed by atoms with Crippen molar-refractivity contribution in [1.82, 2.24) is 0 Å². The summed E-state index contributed by atoms with van der Waals surface area (Å²) in [5.41, 5.74) is 1.18. The van der Waals surface area contributed by atoms with E-state index in [9.17, 15) is 14.7 Å². The summed E-state index contributed by atoms with van der Waals surface area (Å²) in [4.78, 5) is 26.9. The molecule has 3 rings (SSSR count). The SMILES string of the molecule is COc1ccc([C@H]2[C@@H](COC(=O)CCCBr)C(=O)N2c2cc(OC)c(OC)c(OC)c2)cc1O. The molecule has 0 bridgehead atoms. The highest BCUT2D eigenvalue weighted by Crippen LogP contribution is 2.49. The van der Waals surface area contributed by atoms with Crippen molar-refractivity contribution in [3.63, 3.8) is 0 Å². The minimum Gasteiger partial charge on any atom is -0.504 e. The number of methoxy groups -OCH3 is 4. The number of hydrogen-bond donors (Lipinski definition) is 1. The lowest BCUT2D eigenvalue weighted by atomic mass is 9.82. The highest BCUT2D eigenvalue weighted by molar-refractivity contribution is 9.09. The Morgan fingerprint density at radius 3 is 2.18 bits per heavy atom. The number of phenols is 1. The average molecular weight is 538 g/mol. The molecule has 1 heterocycles. The zero-order chi connectivity index (χ0) is 24.8. The molecule has 1 saturated heterocycles. The van der Waals surface area contributed by atoms with E-state index in [2.05, 4.69) is 15.9 Å². The summed E-state index contributed by atoms with van der Waals surface area (Å²) in [6, 6.07) is 7.78. The van der Waals surface area contributed by atoms with Gasteiger partial charge in [0.1, 0.15) is 6.61 Å². The van der Waals surface area contributed by atoms with Crippen LogP contribution in [0, 0.1) is 5.92 Å². The number of phenolic OH excluding ortho intramolecular Hbond substituents is 1. The second-order valence-electron chi connectivity index (χ2n) is 7.55. The Balaban J connectivity index is 1.98. The summed E-state index contributed by atoms with van der Waals surface area (Å²) in [5, 5.41) is 11.0. The van der Waals surface area contributed by atoms with Crippen LogP contribution in [-0.4, -0.2) is 57.4 Å². The molecule has 184 valence electrons. The van der Waals surface area contributed by atoms with E-state index in [1.807, 2.05) is 0 Å². The summed E-state index contributed by atoms with van der Waals surface area (Å²) in [7, 11) is 5.94. The average Bonchev–Trinajstić information content (AvgIpc) is 2.84. The molecule has 10 heteroatoms. The largest absolute Gasteiger partial charge is 0.504 e. The van der Waals surface area contributed by atoms with Gasteiger partial charge in [0.2, 0.25) is 11.7 Å². The Kier molecular flexibility index (Phi) is 8.49. The first-order valence-corrected chi connectivity index (χ1v) is 11.7. The first-order chi connectivity index (χ1) is 16.4. The molecule has 0 saturated carbocycles. The number of carbonyl (C=O) groups is 2. The number of amides is 1.